The molecule has 1 rings (SSSR count). The van der Waals surface area contributed by atoms with Crippen LogP contribution in [-0.4, -0.2) is 0 Å². The van der Waals surface area contributed by atoms with Crippen LogP contribution in [0.3, 0.4) is 0 Å². The highest BCUT2D eigenvalue weighted by atomic mass is 32.1. The minimum Gasteiger partial charge on any atom is -0.397 e. The predicted molar refractivity (Wildman–Crippen MR) is 47.9 cm³/mol. The van der Waals surface area contributed by atoms with E-state index in [1.807, 2.05) is 0 Å². The zero-order valence-corrected chi connectivity index (χ0v) is 6.23. The van der Waals surface area contributed by atoms with Crippen molar-refractivity contribution in [2.45, 2.75) is 0 Å². The van der Waals surface area contributed by atoms with E-state index in [1.54, 1.807) is 18.2 Å². The van der Waals surface area contributed by atoms with Crippen LogP contribution >= 0.6 is 12.8 Å². The van der Waals surface area contributed by atoms with Gasteiger partial charge in [0.15, 0.2) is 0 Å². The molecule has 0 bridgehead atoms. The number of nitrogens with two attached hydrogens (primary N) is 2. The Labute approximate surface area is 65.0 Å². The average Bonchev–Trinajstić information content (AvgIpc) is 1.88. The second-order valence-corrected chi connectivity index (χ2v) is 2.15. The summed E-state index contributed by atoms with van der Waals surface area (Å²) in [6.45, 7) is 0. The van der Waals surface area contributed by atoms with Crippen molar-refractivity contribution < 1.29 is 0 Å². The van der Waals surface area contributed by atoms with Crippen LogP contribution in [0.15, 0.2) is 18.2 Å². The number of nitrogen functional groups attached to an aromatic ring is 2. The molecule has 4 heteroatoms. The van der Waals surface area contributed by atoms with Crippen molar-refractivity contribution in [1.29, 1.82) is 0 Å². The van der Waals surface area contributed by atoms with E-state index in [4.69, 9.17) is 11.5 Å². The van der Waals surface area contributed by atoms with Crippen molar-refractivity contribution in [2.24, 2.45) is 0 Å². The SMILES string of the molecule is Nc1cccc(N)c1NS. The van der Waals surface area contributed by atoms with Crippen LogP contribution in [0.2, 0.25) is 0 Å². The Morgan fingerprint density at radius 3 is 2.00 bits per heavy atom. The number of anilines is 3. The molecule has 0 aromatic heterocycles. The molecule has 54 valence electrons. The fourth-order valence-electron chi connectivity index (χ4n) is 0.718. The highest BCUT2D eigenvalue weighted by Gasteiger charge is 1.98. The predicted octanol–water partition coefficient (Wildman–Crippen LogP) is 1.11. The lowest BCUT2D eigenvalue weighted by Gasteiger charge is -2.05. The maximum atomic E-state index is 5.54. The Hall–Kier alpha value is -1.03. The molecular weight excluding hydrogens is 146 g/mol. The van der Waals surface area contributed by atoms with E-state index in [1.165, 1.54) is 0 Å². The van der Waals surface area contributed by atoms with Gasteiger partial charge in [-0.2, -0.15) is 0 Å². The van der Waals surface area contributed by atoms with Gasteiger partial charge in [-0.05, 0) is 12.1 Å². The van der Waals surface area contributed by atoms with Gasteiger partial charge in [0.2, 0.25) is 0 Å². The molecule has 0 spiro atoms. The van der Waals surface area contributed by atoms with Crippen LogP contribution in [-0.2, 0) is 0 Å². The average molecular weight is 155 g/mol. The molecule has 0 heterocycles. The third-order valence-corrected chi connectivity index (χ3v) is 1.46. The van der Waals surface area contributed by atoms with E-state index in [9.17, 15) is 0 Å². The normalized spacial score (nSPS) is 9.30. The van der Waals surface area contributed by atoms with E-state index in [0.717, 1.165) is 0 Å². The Morgan fingerprint density at radius 1 is 1.20 bits per heavy atom. The Morgan fingerprint density at radius 2 is 1.70 bits per heavy atom. The molecule has 0 saturated carbocycles. The summed E-state index contributed by atoms with van der Waals surface area (Å²) < 4.78 is 2.61. The van der Waals surface area contributed by atoms with Crippen molar-refractivity contribution >= 4 is 29.9 Å². The number of hydrogen-bond acceptors (Lipinski definition) is 4. The largest absolute Gasteiger partial charge is 0.397 e. The van der Waals surface area contributed by atoms with Crippen molar-refractivity contribution in [3.63, 3.8) is 0 Å². The van der Waals surface area contributed by atoms with Crippen LogP contribution in [0.4, 0.5) is 17.1 Å². The number of para-hydroxylation sites is 1. The minimum atomic E-state index is 0.606. The molecule has 0 atom stereocenters. The van der Waals surface area contributed by atoms with Gasteiger partial charge in [0.25, 0.3) is 0 Å². The first-order valence-corrected chi connectivity index (χ1v) is 3.24. The molecule has 0 radical (unpaired) electrons. The second kappa shape index (κ2) is 2.70. The number of rotatable bonds is 1. The molecule has 5 N–H and O–H groups in total. The van der Waals surface area contributed by atoms with E-state index < -0.39 is 0 Å². The zero-order chi connectivity index (χ0) is 7.56. The molecule has 0 unspecified atom stereocenters. The van der Waals surface area contributed by atoms with E-state index in [2.05, 4.69) is 17.5 Å². The van der Waals surface area contributed by atoms with Gasteiger partial charge >= 0.3 is 0 Å². The van der Waals surface area contributed by atoms with Crippen LogP contribution in [0.5, 0.6) is 0 Å². The second-order valence-electron chi connectivity index (χ2n) is 1.92. The summed E-state index contributed by atoms with van der Waals surface area (Å²) in [4.78, 5) is 0. The summed E-state index contributed by atoms with van der Waals surface area (Å²) in [6, 6.07) is 5.31. The van der Waals surface area contributed by atoms with Gasteiger partial charge in [-0.15, -0.1) is 0 Å². The number of benzene rings is 1. The lowest BCUT2D eigenvalue weighted by Crippen LogP contribution is -1.96. The molecule has 0 aliphatic heterocycles. The van der Waals surface area contributed by atoms with Crippen molar-refractivity contribution in [3.8, 4) is 0 Å². The molecule has 1 aromatic carbocycles. The summed E-state index contributed by atoms with van der Waals surface area (Å²) in [5.74, 6) is 0. The van der Waals surface area contributed by atoms with Crippen LogP contribution in [0, 0.1) is 0 Å². The summed E-state index contributed by atoms with van der Waals surface area (Å²) in [7, 11) is 0. The van der Waals surface area contributed by atoms with Gasteiger partial charge in [0, 0.05) is 0 Å². The number of nitrogens with one attached hydrogen (secondary N) is 1. The first-order chi connectivity index (χ1) is 4.75. The molecule has 0 saturated heterocycles. The number of hydrogen-bond donors (Lipinski definition) is 4. The van der Waals surface area contributed by atoms with Gasteiger partial charge in [0.1, 0.15) is 0 Å². The van der Waals surface area contributed by atoms with Gasteiger partial charge in [0.05, 0.1) is 17.1 Å². The molecule has 0 aliphatic carbocycles. The minimum absolute atomic E-state index is 0.606. The molecule has 0 amide bonds. The highest BCUT2D eigenvalue weighted by molar-refractivity contribution is 7.81. The van der Waals surface area contributed by atoms with Gasteiger partial charge in [-0.1, -0.05) is 18.9 Å². The monoisotopic (exact) mass is 155 g/mol. The smallest absolute Gasteiger partial charge is 0.0904 e. The topological polar surface area (TPSA) is 64.1 Å². The number of thiol groups is 1. The molecule has 3 nitrogen and oxygen atoms in total. The quantitative estimate of drug-likeness (QED) is 0.363. The molecule has 10 heavy (non-hydrogen) atoms. The molecular formula is C6H9N3S. The van der Waals surface area contributed by atoms with E-state index in [-0.39, 0.29) is 0 Å². The van der Waals surface area contributed by atoms with Gasteiger partial charge < -0.3 is 16.2 Å². The van der Waals surface area contributed by atoms with Gasteiger partial charge in [-0.3, -0.25) is 0 Å². The fraction of sp³-hybridized carbons (Fsp3) is 0. The Bertz CT molecular complexity index is 216. The first kappa shape index (κ1) is 7.08. The zero-order valence-electron chi connectivity index (χ0n) is 5.33. The first-order valence-electron chi connectivity index (χ1n) is 2.79. The summed E-state index contributed by atoms with van der Waals surface area (Å²) in [6.07, 6.45) is 0. The molecule has 0 aliphatic rings. The molecule has 0 fully saturated rings. The Kier molecular flexibility index (Phi) is 1.91. The van der Waals surface area contributed by atoms with Gasteiger partial charge in [-0.25, -0.2) is 0 Å². The van der Waals surface area contributed by atoms with Crippen LogP contribution in [0.25, 0.3) is 0 Å². The standard InChI is InChI=1S/C6H9N3S/c7-4-2-1-3-5(8)6(4)9-10/h1-3,9-10H,7-8H2. The van der Waals surface area contributed by atoms with Crippen LogP contribution in [0.1, 0.15) is 0 Å². The summed E-state index contributed by atoms with van der Waals surface area (Å²) >= 11 is 3.84. The van der Waals surface area contributed by atoms with E-state index in [0.29, 0.717) is 17.1 Å². The van der Waals surface area contributed by atoms with Crippen LogP contribution < -0.4 is 16.2 Å². The molecule has 1 aromatic rings. The van der Waals surface area contributed by atoms with Crippen molar-refractivity contribution in [2.75, 3.05) is 16.2 Å². The third kappa shape index (κ3) is 1.11. The maximum Gasteiger partial charge on any atom is 0.0904 e. The Balaban J connectivity index is 3.17. The lowest BCUT2D eigenvalue weighted by molar-refractivity contribution is 1.65. The fourth-order valence-corrected chi connectivity index (χ4v) is 0.976. The van der Waals surface area contributed by atoms with Crippen molar-refractivity contribution in [1.82, 2.24) is 0 Å². The summed E-state index contributed by atoms with van der Waals surface area (Å²) in [5.41, 5.74) is 13.0. The summed E-state index contributed by atoms with van der Waals surface area (Å²) in [5, 5.41) is 0. The third-order valence-electron chi connectivity index (χ3n) is 1.24. The van der Waals surface area contributed by atoms with Crippen molar-refractivity contribution in [3.05, 3.63) is 18.2 Å². The lowest BCUT2D eigenvalue weighted by atomic mass is 10.2. The highest BCUT2D eigenvalue weighted by Crippen LogP contribution is 2.25. The maximum absolute atomic E-state index is 5.54. The van der Waals surface area contributed by atoms with E-state index >= 15 is 0 Å².